The molecule has 9 nitrogen and oxygen atoms in total. The molecule has 1 aliphatic rings. The highest BCUT2D eigenvalue weighted by atomic mass is 19.4. The van der Waals surface area contributed by atoms with Crippen LogP contribution in [0.25, 0.3) is 0 Å². The van der Waals surface area contributed by atoms with Gasteiger partial charge in [-0.2, -0.15) is 0 Å². The van der Waals surface area contributed by atoms with Crippen molar-refractivity contribution in [1.82, 2.24) is 9.55 Å². The molecule has 28 heavy (non-hydrogen) atoms. The maximum absolute atomic E-state index is 12.2. The number of hydrogen-bond donors (Lipinski definition) is 0. The Kier molecular flexibility index (Phi) is 5.23. The number of anilines is 1. The molecule has 1 aromatic carbocycles. The van der Waals surface area contributed by atoms with Gasteiger partial charge in [-0.3, -0.25) is 14.3 Å². The summed E-state index contributed by atoms with van der Waals surface area (Å²) >= 11 is 0. The predicted octanol–water partition coefficient (Wildman–Crippen LogP) is 2.64. The Bertz CT molecular complexity index is 881. The molecule has 2 heterocycles. The van der Waals surface area contributed by atoms with Crippen LogP contribution in [0.2, 0.25) is 0 Å². The molecular weight excluding hydrogens is 385 g/mol. The van der Waals surface area contributed by atoms with Crippen molar-refractivity contribution in [3.05, 3.63) is 46.1 Å². The average molecular weight is 400 g/mol. The minimum atomic E-state index is -4.76. The van der Waals surface area contributed by atoms with Crippen LogP contribution in [0.15, 0.2) is 30.5 Å². The van der Waals surface area contributed by atoms with Crippen LogP contribution in [0.4, 0.5) is 24.9 Å². The van der Waals surface area contributed by atoms with Crippen LogP contribution in [-0.2, 0) is 22.7 Å². The zero-order valence-corrected chi connectivity index (χ0v) is 14.5. The topological polar surface area (TPSA) is 99.7 Å². The van der Waals surface area contributed by atoms with Gasteiger partial charge < -0.3 is 19.6 Å². The van der Waals surface area contributed by atoms with Crippen molar-refractivity contribution in [3.8, 4) is 5.75 Å². The summed E-state index contributed by atoms with van der Waals surface area (Å²) < 4.78 is 47.5. The minimum absolute atomic E-state index is 0.0782. The van der Waals surface area contributed by atoms with Crippen molar-refractivity contribution in [2.75, 3.05) is 11.4 Å². The van der Waals surface area contributed by atoms with E-state index in [-0.39, 0.29) is 43.1 Å². The molecular formula is C16H15F3N4O5. The Labute approximate surface area is 156 Å². The van der Waals surface area contributed by atoms with Crippen LogP contribution in [0.1, 0.15) is 12.5 Å². The van der Waals surface area contributed by atoms with Crippen molar-refractivity contribution < 1.29 is 32.4 Å². The molecule has 1 aliphatic heterocycles. The number of hydrogen-bond acceptors (Lipinski definition) is 6. The first-order valence-corrected chi connectivity index (χ1v) is 8.08. The normalized spacial score (nSPS) is 16.6. The predicted molar refractivity (Wildman–Crippen MR) is 88.6 cm³/mol. The largest absolute Gasteiger partial charge is 0.573 e. The van der Waals surface area contributed by atoms with E-state index in [4.69, 9.17) is 4.74 Å². The highest BCUT2D eigenvalue weighted by Gasteiger charge is 2.34. The van der Waals surface area contributed by atoms with Crippen molar-refractivity contribution >= 4 is 17.7 Å². The number of nitro groups is 1. The van der Waals surface area contributed by atoms with Gasteiger partial charge in [0.15, 0.2) is 0 Å². The molecule has 0 spiro atoms. The van der Waals surface area contributed by atoms with Crippen molar-refractivity contribution in [2.24, 2.45) is 0 Å². The third-order valence-corrected chi connectivity index (χ3v) is 3.98. The number of ether oxygens (including phenoxy) is 2. The Hall–Kier alpha value is -3.15. The smallest absolute Gasteiger partial charge is 0.406 e. The number of carbonyl (C=O) groups excluding carboxylic acids is 1. The van der Waals surface area contributed by atoms with E-state index in [0.29, 0.717) is 5.56 Å². The molecule has 0 bridgehead atoms. The monoisotopic (exact) mass is 400 g/mol. The van der Waals surface area contributed by atoms with E-state index >= 15 is 0 Å². The molecule has 1 aromatic heterocycles. The van der Waals surface area contributed by atoms with Gasteiger partial charge in [0.05, 0.1) is 25.8 Å². The molecule has 3 rings (SSSR count). The SMILES string of the molecule is CC(=O)N1C[C@@H](OCc2ccc(OC(F)(F)F)cc2)Cn2cc([N+](=O)[O-])nc21. The van der Waals surface area contributed by atoms with Gasteiger partial charge in [-0.15, -0.1) is 13.2 Å². The van der Waals surface area contributed by atoms with Crippen LogP contribution < -0.4 is 9.64 Å². The fourth-order valence-corrected chi connectivity index (χ4v) is 2.77. The average Bonchev–Trinajstić information content (AvgIpc) is 3.03. The van der Waals surface area contributed by atoms with Crippen LogP contribution in [0.3, 0.4) is 0 Å². The van der Waals surface area contributed by atoms with E-state index in [1.165, 1.54) is 46.9 Å². The van der Waals surface area contributed by atoms with E-state index < -0.39 is 17.4 Å². The molecule has 0 aliphatic carbocycles. The summed E-state index contributed by atoms with van der Waals surface area (Å²) in [5.74, 6) is -0.884. The summed E-state index contributed by atoms with van der Waals surface area (Å²) in [5.41, 5.74) is 0.603. The van der Waals surface area contributed by atoms with Gasteiger partial charge in [0.25, 0.3) is 0 Å². The number of carbonyl (C=O) groups is 1. The standard InChI is InChI=1S/C16H15F3N4O5/c1-10(24)22-7-13(6-21-8-14(23(25)26)20-15(21)22)27-9-11-2-4-12(5-3-11)28-16(17,18)19/h2-5,8,13H,6-7,9H2,1H3/t13-/m0/s1. The lowest BCUT2D eigenvalue weighted by Gasteiger charge is -2.30. The minimum Gasteiger partial charge on any atom is -0.406 e. The second kappa shape index (κ2) is 7.46. The van der Waals surface area contributed by atoms with Crippen molar-refractivity contribution in [3.63, 3.8) is 0 Å². The van der Waals surface area contributed by atoms with Gasteiger partial charge in [-0.25, -0.2) is 0 Å². The lowest BCUT2D eigenvalue weighted by molar-refractivity contribution is -0.389. The molecule has 150 valence electrons. The van der Waals surface area contributed by atoms with Crippen LogP contribution in [-0.4, -0.2) is 39.4 Å². The summed E-state index contributed by atoms with van der Waals surface area (Å²) in [5, 5.41) is 10.9. The number of rotatable bonds is 5. The van der Waals surface area contributed by atoms with E-state index in [1.807, 2.05) is 0 Å². The third-order valence-electron chi connectivity index (χ3n) is 3.98. The summed E-state index contributed by atoms with van der Waals surface area (Å²) in [6.07, 6.45) is -4.01. The molecule has 2 aromatic rings. The Balaban J connectivity index is 1.66. The van der Waals surface area contributed by atoms with Gasteiger partial charge in [-0.1, -0.05) is 12.1 Å². The first-order valence-electron chi connectivity index (χ1n) is 8.08. The number of fused-ring (bicyclic) bond motifs is 1. The van der Waals surface area contributed by atoms with Gasteiger partial charge >= 0.3 is 18.1 Å². The molecule has 0 radical (unpaired) electrons. The number of amides is 1. The van der Waals surface area contributed by atoms with Crippen LogP contribution in [0, 0.1) is 10.1 Å². The molecule has 0 saturated heterocycles. The number of imidazole rings is 1. The molecule has 0 fully saturated rings. The van der Waals surface area contributed by atoms with Gasteiger partial charge in [-0.05, 0) is 22.6 Å². The highest BCUT2D eigenvalue weighted by molar-refractivity contribution is 5.90. The Morgan fingerprint density at radius 2 is 2.00 bits per heavy atom. The summed E-state index contributed by atoms with van der Waals surface area (Å²) in [4.78, 5) is 27.3. The lowest BCUT2D eigenvalue weighted by Crippen LogP contribution is -2.45. The highest BCUT2D eigenvalue weighted by Crippen LogP contribution is 2.26. The fourth-order valence-electron chi connectivity index (χ4n) is 2.77. The molecule has 1 amide bonds. The molecule has 0 saturated carbocycles. The molecule has 0 N–H and O–H groups in total. The zero-order chi connectivity index (χ0) is 20.5. The number of alkyl halides is 3. The van der Waals surface area contributed by atoms with Gasteiger partial charge in [0, 0.05) is 11.9 Å². The number of halogens is 3. The van der Waals surface area contributed by atoms with Crippen LogP contribution >= 0.6 is 0 Å². The van der Waals surface area contributed by atoms with Crippen LogP contribution in [0.5, 0.6) is 5.75 Å². The molecule has 1 atom stereocenters. The number of benzene rings is 1. The summed E-state index contributed by atoms with van der Waals surface area (Å²) in [6.45, 7) is 1.79. The van der Waals surface area contributed by atoms with E-state index in [2.05, 4.69) is 9.72 Å². The Morgan fingerprint density at radius 1 is 1.32 bits per heavy atom. The molecule has 12 heteroatoms. The van der Waals surface area contributed by atoms with E-state index in [9.17, 15) is 28.1 Å². The first-order chi connectivity index (χ1) is 13.1. The first kappa shape index (κ1) is 19.6. The van der Waals surface area contributed by atoms with Crippen molar-refractivity contribution in [1.29, 1.82) is 0 Å². The summed E-state index contributed by atoms with van der Waals surface area (Å²) in [7, 11) is 0. The third kappa shape index (κ3) is 4.57. The molecule has 0 unspecified atom stereocenters. The van der Waals surface area contributed by atoms with E-state index in [1.54, 1.807) is 0 Å². The van der Waals surface area contributed by atoms with Crippen molar-refractivity contribution in [2.45, 2.75) is 32.5 Å². The van der Waals surface area contributed by atoms with E-state index in [0.717, 1.165) is 0 Å². The number of aromatic nitrogens is 2. The second-order valence-corrected chi connectivity index (χ2v) is 6.06. The zero-order valence-electron chi connectivity index (χ0n) is 14.5. The van der Waals surface area contributed by atoms with Gasteiger partial charge in [0.1, 0.15) is 11.9 Å². The van der Waals surface area contributed by atoms with Gasteiger partial charge in [0.2, 0.25) is 5.91 Å². The fraction of sp³-hybridized carbons (Fsp3) is 0.375. The maximum Gasteiger partial charge on any atom is 0.573 e. The lowest BCUT2D eigenvalue weighted by atomic mass is 10.2. The second-order valence-electron chi connectivity index (χ2n) is 6.06. The Morgan fingerprint density at radius 3 is 2.57 bits per heavy atom. The summed E-state index contributed by atoms with van der Waals surface area (Å²) in [6, 6.07) is 5.21. The quantitative estimate of drug-likeness (QED) is 0.565. The number of nitrogens with zero attached hydrogens (tertiary/aromatic N) is 4. The maximum atomic E-state index is 12.2.